The number of benzene rings is 1. The van der Waals surface area contributed by atoms with Gasteiger partial charge in [-0.2, -0.15) is 0 Å². The van der Waals surface area contributed by atoms with Crippen LogP contribution in [0.5, 0.6) is 0 Å². The molecule has 0 heterocycles. The standard InChI is InChI=1S/C12H16O4/c1-8-3-5-9(6-4-8)12(15)10(13)7-11(14)16-2/h3-6,10,12-13,15H,7H2,1-2H3. The van der Waals surface area contributed by atoms with Gasteiger partial charge in [0.15, 0.2) is 0 Å². The zero-order valence-corrected chi connectivity index (χ0v) is 9.38. The number of aliphatic hydroxyl groups is 2. The molecule has 2 N–H and O–H groups in total. The molecule has 0 spiro atoms. The molecule has 0 aliphatic heterocycles. The number of esters is 1. The smallest absolute Gasteiger partial charge is 0.308 e. The van der Waals surface area contributed by atoms with Crippen LogP contribution in [0.4, 0.5) is 0 Å². The van der Waals surface area contributed by atoms with Gasteiger partial charge in [0.05, 0.1) is 19.6 Å². The summed E-state index contributed by atoms with van der Waals surface area (Å²) in [4.78, 5) is 10.9. The highest BCUT2D eigenvalue weighted by atomic mass is 16.5. The number of aryl methyl sites for hydroxylation is 1. The zero-order chi connectivity index (χ0) is 12.1. The lowest BCUT2D eigenvalue weighted by Crippen LogP contribution is -2.22. The van der Waals surface area contributed by atoms with E-state index in [0.29, 0.717) is 5.56 Å². The maximum absolute atomic E-state index is 10.9. The third-order valence-corrected chi connectivity index (χ3v) is 2.39. The fourth-order valence-electron chi connectivity index (χ4n) is 1.35. The fraction of sp³-hybridized carbons (Fsp3) is 0.417. The number of carbonyl (C=O) groups is 1. The second-order valence-electron chi connectivity index (χ2n) is 3.70. The summed E-state index contributed by atoms with van der Waals surface area (Å²) in [5.74, 6) is -0.543. The molecular weight excluding hydrogens is 208 g/mol. The Labute approximate surface area is 94.5 Å². The minimum absolute atomic E-state index is 0.217. The van der Waals surface area contributed by atoms with E-state index in [0.717, 1.165) is 5.56 Å². The Bertz CT molecular complexity index is 345. The molecule has 88 valence electrons. The number of hydrogen-bond donors (Lipinski definition) is 2. The minimum atomic E-state index is -1.14. The zero-order valence-electron chi connectivity index (χ0n) is 9.38. The van der Waals surface area contributed by atoms with Gasteiger partial charge in [-0.3, -0.25) is 4.79 Å². The van der Waals surface area contributed by atoms with Crippen LogP contribution in [0.25, 0.3) is 0 Å². The van der Waals surface area contributed by atoms with Gasteiger partial charge in [-0.05, 0) is 12.5 Å². The SMILES string of the molecule is COC(=O)CC(O)C(O)c1ccc(C)cc1. The maximum Gasteiger partial charge on any atom is 0.308 e. The van der Waals surface area contributed by atoms with Crippen molar-refractivity contribution in [2.45, 2.75) is 25.6 Å². The van der Waals surface area contributed by atoms with Gasteiger partial charge in [0.25, 0.3) is 0 Å². The van der Waals surface area contributed by atoms with Crippen LogP contribution in [0.1, 0.15) is 23.7 Å². The monoisotopic (exact) mass is 224 g/mol. The largest absolute Gasteiger partial charge is 0.469 e. The minimum Gasteiger partial charge on any atom is -0.469 e. The van der Waals surface area contributed by atoms with Crippen molar-refractivity contribution in [1.82, 2.24) is 0 Å². The van der Waals surface area contributed by atoms with Gasteiger partial charge in [-0.1, -0.05) is 29.8 Å². The number of hydrogen-bond acceptors (Lipinski definition) is 4. The molecule has 0 radical (unpaired) electrons. The van der Waals surface area contributed by atoms with Crippen LogP contribution < -0.4 is 0 Å². The number of ether oxygens (including phenoxy) is 1. The van der Waals surface area contributed by atoms with E-state index in [-0.39, 0.29) is 6.42 Å². The Morgan fingerprint density at radius 2 is 1.88 bits per heavy atom. The first-order valence-corrected chi connectivity index (χ1v) is 5.04. The molecule has 1 aromatic carbocycles. The van der Waals surface area contributed by atoms with Crippen molar-refractivity contribution in [3.8, 4) is 0 Å². The van der Waals surface area contributed by atoms with Crippen molar-refractivity contribution in [1.29, 1.82) is 0 Å². The lowest BCUT2D eigenvalue weighted by Gasteiger charge is -2.17. The van der Waals surface area contributed by atoms with E-state index in [1.165, 1.54) is 7.11 Å². The molecule has 2 unspecified atom stereocenters. The molecule has 0 saturated heterocycles. The Balaban J connectivity index is 2.66. The van der Waals surface area contributed by atoms with E-state index in [1.807, 2.05) is 19.1 Å². The van der Waals surface area contributed by atoms with E-state index in [2.05, 4.69) is 4.74 Å². The third kappa shape index (κ3) is 3.32. The second-order valence-corrected chi connectivity index (χ2v) is 3.70. The number of methoxy groups -OCH3 is 1. The van der Waals surface area contributed by atoms with Crippen LogP contribution in [0.2, 0.25) is 0 Å². The molecule has 0 bridgehead atoms. The summed E-state index contributed by atoms with van der Waals surface area (Å²) in [6.07, 6.45) is -2.43. The van der Waals surface area contributed by atoms with Gasteiger partial charge >= 0.3 is 5.97 Å². The molecule has 0 aliphatic rings. The first-order chi connectivity index (χ1) is 7.54. The summed E-state index contributed by atoms with van der Waals surface area (Å²) in [6, 6.07) is 7.12. The molecule has 1 rings (SSSR count). The Kier molecular flexibility index (Phi) is 4.46. The summed E-state index contributed by atoms with van der Waals surface area (Å²) in [5.41, 5.74) is 1.65. The van der Waals surface area contributed by atoms with Gasteiger partial charge < -0.3 is 14.9 Å². The quantitative estimate of drug-likeness (QED) is 0.747. The molecule has 0 aromatic heterocycles. The third-order valence-electron chi connectivity index (χ3n) is 2.39. The Morgan fingerprint density at radius 3 is 2.38 bits per heavy atom. The van der Waals surface area contributed by atoms with Crippen molar-refractivity contribution >= 4 is 5.97 Å². The van der Waals surface area contributed by atoms with E-state index in [4.69, 9.17) is 0 Å². The summed E-state index contributed by atoms with van der Waals surface area (Å²) in [7, 11) is 1.24. The molecular formula is C12H16O4. The normalized spacial score (nSPS) is 14.2. The number of carbonyl (C=O) groups excluding carboxylic acids is 1. The summed E-state index contributed by atoms with van der Waals surface area (Å²) in [6.45, 7) is 1.93. The van der Waals surface area contributed by atoms with Crippen LogP contribution >= 0.6 is 0 Å². The second kappa shape index (κ2) is 5.63. The predicted molar refractivity (Wildman–Crippen MR) is 58.8 cm³/mol. The molecule has 4 nitrogen and oxygen atoms in total. The first-order valence-electron chi connectivity index (χ1n) is 5.04. The van der Waals surface area contributed by atoms with Crippen molar-refractivity contribution in [2.24, 2.45) is 0 Å². The lowest BCUT2D eigenvalue weighted by atomic mass is 10.0. The fourth-order valence-corrected chi connectivity index (χ4v) is 1.35. The average molecular weight is 224 g/mol. The van der Waals surface area contributed by atoms with E-state index in [9.17, 15) is 15.0 Å². The molecule has 1 aromatic rings. The average Bonchev–Trinajstić information content (AvgIpc) is 2.28. The maximum atomic E-state index is 10.9. The molecule has 0 saturated carbocycles. The highest BCUT2D eigenvalue weighted by Crippen LogP contribution is 2.19. The van der Waals surface area contributed by atoms with Crippen molar-refractivity contribution in [3.63, 3.8) is 0 Å². The molecule has 2 atom stereocenters. The van der Waals surface area contributed by atoms with Crippen LogP contribution in [0, 0.1) is 6.92 Å². The van der Waals surface area contributed by atoms with Crippen LogP contribution in [-0.4, -0.2) is 29.4 Å². The van der Waals surface area contributed by atoms with E-state index >= 15 is 0 Å². The van der Waals surface area contributed by atoms with Gasteiger partial charge in [-0.15, -0.1) is 0 Å². The number of rotatable bonds is 4. The van der Waals surface area contributed by atoms with Crippen molar-refractivity contribution < 1.29 is 19.7 Å². The highest BCUT2D eigenvalue weighted by Gasteiger charge is 2.21. The molecule has 4 heteroatoms. The Morgan fingerprint density at radius 1 is 1.31 bits per heavy atom. The first kappa shape index (κ1) is 12.7. The Hall–Kier alpha value is -1.39. The lowest BCUT2D eigenvalue weighted by molar-refractivity contribution is -0.144. The molecule has 0 fully saturated rings. The molecule has 0 aliphatic carbocycles. The number of aliphatic hydroxyl groups excluding tert-OH is 2. The van der Waals surface area contributed by atoms with E-state index in [1.54, 1.807) is 12.1 Å². The molecule has 0 amide bonds. The topological polar surface area (TPSA) is 66.8 Å². The van der Waals surface area contributed by atoms with E-state index < -0.39 is 18.2 Å². The van der Waals surface area contributed by atoms with Gasteiger partial charge in [-0.25, -0.2) is 0 Å². The van der Waals surface area contributed by atoms with Crippen LogP contribution in [0.15, 0.2) is 24.3 Å². The van der Waals surface area contributed by atoms with Crippen LogP contribution in [-0.2, 0) is 9.53 Å². The predicted octanol–water partition coefficient (Wildman–Crippen LogP) is 0.952. The van der Waals surface area contributed by atoms with Crippen molar-refractivity contribution in [2.75, 3.05) is 7.11 Å². The van der Waals surface area contributed by atoms with Crippen LogP contribution in [0.3, 0.4) is 0 Å². The van der Waals surface area contributed by atoms with Gasteiger partial charge in [0.2, 0.25) is 0 Å². The van der Waals surface area contributed by atoms with Crippen molar-refractivity contribution in [3.05, 3.63) is 35.4 Å². The van der Waals surface area contributed by atoms with Gasteiger partial charge in [0, 0.05) is 0 Å². The summed E-state index contributed by atoms with van der Waals surface area (Å²) in [5, 5.41) is 19.4. The molecule has 16 heavy (non-hydrogen) atoms. The van der Waals surface area contributed by atoms with Gasteiger partial charge in [0.1, 0.15) is 6.10 Å². The summed E-state index contributed by atoms with van der Waals surface area (Å²) < 4.78 is 4.42. The summed E-state index contributed by atoms with van der Waals surface area (Å²) >= 11 is 0. The highest BCUT2D eigenvalue weighted by molar-refractivity contribution is 5.69.